The molecule has 0 spiro atoms. The lowest BCUT2D eigenvalue weighted by Crippen LogP contribution is -2.11. The Labute approximate surface area is 149 Å². The second-order valence-electron chi connectivity index (χ2n) is 5.16. The number of ketones is 1. The zero-order chi connectivity index (χ0) is 18.3. The number of ether oxygens (including phenoxy) is 6. The van der Waals surface area contributed by atoms with Gasteiger partial charge in [-0.15, -0.1) is 0 Å². The van der Waals surface area contributed by atoms with Gasteiger partial charge in [0.2, 0.25) is 0 Å². The monoisotopic (exact) mass is 356 g/mol. The number of Topliss-reactive ketones (excluding diaryl/α,β-unsaturated/α-hetero) is 1. The van der Waals surface area contributed by atoms with Gasteiger partial charge in [-0.1, -0.05) is 0 Å². The van der Waals surface area contributed by atoms with E-state index in [1.54, 1.807) is 32.4 Å². The fourth-order valence-electron chi connectivity index (χ4n) is 1.87. The molecule has 0 amide bonds. The summed E-state index contributed by atoms with van der Waals surface area (Å²) in [5.41, 5.74) is 0.535. The number of carbonyl (C=O) groups is 1. The molecular weight excluding hydrogens is 328 g/mol. The van der Waals surface area contributed by atoms with Gasteiger partial charge in [-0.05, 0) is 19.1 Å². The standard InChI is InChI=1S/C18H28O7/c1-15(19)16-12-17(24-10-8-22-6-4-20-2)14-18(13-16)25-11-9-23-7-5-21-3/h12-14H,4-11H2,1-3H3. The molecule has 1 aromatic rings. The third-order valence-corrected chi connectivity index (χ3v) is 3.14. The minimum Gasteiger partial charge on any atom is -0.491 e. The molecule has 0 saturated heterocycles. The number of benzene rings is 1. The van der Waals surface area contributed by atoms with Crippen LogP contribution in [0.15, 0.2) is 18.2 Å². The first-order chi connectivity index (χ1) is 12.2. The molecule has 0 saturated carbocycles. The van der Waals surface area contributed by atoms with Crippen molar-refractivity contribution >= 4 is 5.78 Å². The molecular formula is C18H28O7. The Balaban J connectivity index is 2.45. The molecule has 142 valence electrons. The van der Waals surface area contributed by atoms with Crippen LogP contribution in [-0.2, 0) is 18.9 Å². The van der Waals surface area contributed by atoms with E-state index in [4.69, 9.17) is 28.4 Å². The van der Waals surface area contributed by atoms with E-state index in [9.17, 15) is 4.79 Å². The molecule has 1 rings (SSSR count). The lowest BCUT2D eigenvalue weighted by atomic mass is 10.1. The molecule has 0 bridgehead atoms. The topological polar surface area (TPSA) is 72.5 Å². The van der Waals surface area contributed by atoms with E-state index in [0.29, 0.717) is 69.9 Å². The van der Waals surface area contributed by atoms with Crippen LogP contribution in [0.25, 0.3) is 0 Å². The maximum atomic E-state index is 11.7. The zero-order valence-corrected chi connectivity index (χ0v) is 15.2. The highest BCUT2D eigenvalue weighted by Crippen LogP contribution is 2.23. The van der Waals surface area contributed by atoms with Crippen LogP contribution in [0.4, 0.5) is 0 Å². The van der Waals surface area contributed by atoms with Crippen molar-refractivity contribution in [3.8, 4) is 11.5 Å². The summed E-state index contributed by atoms with van der Waals surface area (Å²) < 4.78 is 31.7. The molecule has 0 atom stereocenters. The fourth-order valence-corrected chi connectivity index (χ4v) is 1.87. The summed E-state index contributed by atoms with van der Waals surface area (Å²) in [5, 5.41) is 0. The Bertz CT molecular complexity index is 456. The Morgan fingerprint density at radius 3 is 1.56 bits per heavy atom. The minimum absolute atomic E-state index is 0.0528. The lowest BCUT2D eigenvalue weighted by Gasteiger charge is -2.12. The third-order valence-electron chi connectivity index (χ3n) is 3.14. The van der Waals surface area contributed by atoms with Crippen molar-refractivity contribution in [2.45, 2.75) is 6.92 Å². The Hall–Kier alpha value is -1.67. The predicted octanol–water partition coefficient (Wildman–Crippen LogP) is 1.97. The third kappa shape index (κ3) is 10.0. The molecule has 0 N–H and O–H groups in total. The number of rotatable bonds is 15. The van der Waals surface area contributed by atoms with Gasteiger partial charge in [0.05, 0.1) is 39.6 Å². The second-order valence-corrected chi connectivity index (χ2v) is 5.16. The Kier molecular flexibility index (Phi) is 11.6. The van der Waals surface area contributed by atoms with Crippen LogP contribution < -0.4 is 9.47 Å². The second kappa shape index (κ2) is 13.6. The van der Waals surface area contributed by atoms with E-state index in [2.05, 4.69) is 0 Å². The molecule has 0 aliphatic carbocycles. The van der Waals surface area contributed by atoms with Gasteiger partial charge in [0, 0.05) is 25.8 Å². The summed E-state index contributed by atoms with van der Waals surface area (Å²) >= 11 is 0. The van der Waals surface area contributed by atoms with E-state index >= 15 is 0 Å². The molecule has 7 nitrogen and oxygen atoms in total. The SMILES string of the molecule is COCCOCCOc1cc(OCCOCCOC)cc(C(C)=O)c1. The van der Waals surface area contributed by atoms with Crippen molar-refractivity contribution in [2.24, 2.45) is 0 Å². The van der Waals surface area contributed by atoms with Crippen molar-refractivity contribution in [1.82, 2.24) is 0 Å². The van der Waals surface area contributed by atoms with Gasteiger partial charge in [-0.2, -0.15) is 0 Å². The van der Waals surface area contributed by atoms with Gasteiger partial charge in [0.15, 0.2) is 5.78 Å². The van der Waals surface area contributed by atoms with E-state index in [-0.39, 0.29) is 5.78 Å². The molecule has 0 unspecified atom stereocenters. The predicted molar refractivity (Wildman–Crippen MR) is 92.8 cm³/mol. The molecule has 0 aliphatic heterocycles. The molecule has 1 aromatic carbocycles. The number of hydrogen-bond donors (Lipinski definition) is 0. The van der Waals surface area contributed by atoms with Crippen LogP contribution in [0.1, 0.15) is 17.3 Å². The van der Waals surface area contributed by atoms with Gasteiger partial charge in [0.1, 0.15) is 24.7 Å². The Morgan fingerprint density at radius 1 is 0.720 bits per heavy atom. The summed E-state index contributed by atoms with van der Waals surface area (Å²) in [4.78, 5) is 11.7. The molecule has 0 aliphatic rings. The van der Waals surface area contributed by atoms with Crippen LogP contribution >= 0.6 is 0 Å². The number of carbonyl (C=O) groups excluding carboxylic acids is 1. The van der Waals surface area contributed by atoms with Crippen molar-refractivity contribution < 1.29 is 33.2 Å². The first kappa shape index (κ1) is 21.4. The average molecular weight is 356 g/mol. The normalized spacial score (nSPS) is 10.7. The van der Waals surface area contributed by atoms with Crippen molar-refractivity contribution in [1.29, 1.82) is 0 Å². The molecule has 0 heterocycles. The Morgan fingerprint density at radius 2 is 1.16 bits per heavy atom. The highest BCUT2D eigenvalue weighted by molar-refractivity contribution is 5.94. The van der Waals surface area contributed by atoms with Crippen LogP contribution in [-0.4, -0.2) is 72.9 Å². The minimum atomic E-state index is -0.0528. The summed E-state index contributed by atoms with van der Waals surface area (Å²) in [6.45, 7) is 5.28. The van der Waals surface area contributed by atoms with Gasteiger partial charge >= 0.3 is 0 Å². The maximum Gasteiger partial charge on any atom is 0.160 e. The lowest BCUT2D eigenvalue weighted by molar-refractivity contribution is 0.0532. The van der Waals surface area contributed by atoms with Crippen LogP contribution in [0.2, 0.25) is 0 Å². The fraction of sp³-hybridized carbons (Fsp3) is 0.611. The summed E-state index contributed by atoms with van der Waals surface area (Å²) in [6.07, 6.45) is 0. The van der Waals surface area contributed by atoms with E-state index < -0.39 is 0 Å². The molecule has 0 fully saturated rings. The van der Waals surface area contributed by atoms with Gasteiger partial charge in [-0.25, -0.2) is 0 Å². The van der Waals surface area contributed by atoms with Crippen LogP contribution in [0.5, 0.6) is 11.5 Å². The van der Waals surface area contributed by atoms with E-state index in [1.807, 2.05) is 0 Å². The van der Waals surface area contributed by atoms with Gasteiger partial charge in [-0.3, -0.25) is 4.79 Å². The highest BCUT2D eigenvalue weighted by Gasteiger charge is 2.07. The number of hydrogen-bond acceptors (Lipinski definition) is 7. The first-order valence-corrected chi connectivity index (χ1v) is 8.22. The largest absolute Gasteiger partial charge is 0.491 e. The molecule has 7 heteroatoms. The first-order valence-electron chi connectivity index (χ1n) is 8.22. The van der Waals surface area contributed by atoms with Crippen molar-refractivity contribution in [3.05, 3.63) is 23.8 Å². The highest BCUT2D eigenvalue weighted by atomic mass is 16.5. The summed E-state index contributed by atoms with van der Waals surface area (Å²) in [5.74, 6) is 1.08. The van der Waals surface area contributed by atoms with Gasteiger partial charge in [0.25, 0.3) is 0 Å². The number of methoxy groups -OCH3 is 2. The van der Waals surface area contributed by atoms with Crippen LogP contribution in [0, 0.1) is 0 Å². The zero-order valence-electron chi connectivity index (χ0n) is 15.2. The van der Waals surface area contributed by atoms with E-state index in [1.165, 1.54) is 6.92 Å². The quantitative estimate of drug-likeness (QED) is 0.351. The maximum absolute atomic E-state index is 11.7. The van der Waals surface area contributed by atoms with Crippen LogP contribution in [0.3, 0.4) is 0 Å². The molecule has 25 heavy (non-hydrogen) atoms. The average Bonchev–Trinajstić information content (AvgIpc) is 2.61. The van der Waals surface area contributed by atoms with Gasteiger partial charge < -0.3 is 28.4 Å². The summed E-state index contributed by atoms with van der Waals surface area (Å²) in [7, 11) is 3.24. The summed E-state index contributed by atoms with van der Waals surface area (Å²) in [6, 6.07) is 5.13. The van der Waals surface area contributed by atoms with E-state index in [0.717, 1.165) is 0 Å². The smallest absolute Gasteiger partial charge is 0.160 e. The molecule has 0 radical (unpaired) electrons. The van der Waals surface area contributed by atoms with Crippen molar-refractivity contribution in [2.75, 3.05) is 67.1 Å². The molecule has 0 aromatic heterocycles. The van der Waals surface area contributed by atoms with Crippen molar-refractivity contribution in [3.63, 3.8) is 0 Å².